The van der Waals surface area contributed by atoms with E-state index in [4.69, 9.17) is 0 Å². The number of rotatable bonds is 4. The number of thiazole rings is 1. The van der Waals surface area contributed by atoms with Crippen LogP contribution in [0.15, 0.2) is 39.0 Å². The molecule has 0 N–H and O–H groups in total. The van der Waals surface area contributed by atoms with Gasteiger partial charge < -0.3 is 0 Å². The minimum Gasteiger partial charge on any atom is -0.294 e. The quantitative estimate of drug-likeness (QED) is 0.487. The second-order valence-electron chi connectivity index (χ2n) is 3.39. The first-order chi connectivity index (χ1) is 8.58. The number of nitro groups is 1. The normalized spacial score (nSPS) is 10.3. The SMILES string of the molecule is CC(=O)c1cc([N+](=O)[O-])ccc1Sc1nccs1. The first-order valence-corrected chi connectivity index (χ1v) is 6.64. The van der Waals surface area contributed by atoms with Crippen molar-refractivity contribution in [1.29, 1.82) is 0 Å². The Kier molecular flexibility index (Phi) is 3.73. The number of Topliss-reactive ketones (excluding diaryl/α,β-unsaturated/α-hetero) is 1. The summed E-state index contributed by atoms with van der Waals surface area (Å²) in [5.41, 5.74) is 0.271. The predicted octanol–water partition coefficient (Wildman–Crippen LogP) is 3.41. The molecule has 18 heavy (non-hydrogen) atoms. The van der Waals surface area contributed by atoms with Crippen molar-refractivity contribution in [3.8, 4) is 0 Å². The Morgan fingerprint density at radius 2 is 2.28 bits per heavy atom. The average molecular weight is 280 g/mol. The van der Waals surface area contributed by atoms with Crippen LogP contribution in [0.5, 0.6) is 0 Å². The molecule has 1 aromatic carbocycles. The third-order valence-electron chi connectivity index (χ3n) is 2.16. The highest BCUT2D eigenvalue weighted by molar-refractivity contribution is 8.01. The largest absolute Gasteiger partial charge is 0.294 e. The lowest BCUT2D eigenvalue weighted by Crippen LogP contribution is -1.97. The fraction of sp³-hybridized carbons (Fsp3) is 0.0909. The molecule has 5 nitrogen and oxygen atoms in total. The summed E-state index contributed by atoms with van der Waals surface area (Å²) < 4.78 is 0.798. The number of nitrogens with zero attached hydrogens (tertiary/aromatic N) is 2. The van der Waals surface area contributed by atoms with Gasteiger partial charge in [-0.05, 0) is 13.0 Å². The Bertz CT molecular complexity index is 596. The van der Waals surface area contributed by atoms with Crippen LogP contribution in [0.2, 0.25) is 0 Å². The van der Waals surface area contributed by atoms with Gasteiger partial charge in [-0.1, -0.05) is 11.8 Å². The Balaban J connectivity index is 2.40. The summed E-state index contributed by atoms with van der Waals surface area (Å²) in [6.07, 6.45) is 1.67. The van der Waals surface area contributed by atoms with E-state index in [0.29, 0.717) is 10.5 Å². The monoisotopic (exact) mass is 280 g/mol. The van der Waals surface area contributed by atoms with E-state index in [0.717, 1.165) is 4.34 Å². The van der Waals surface area contributed by atoms with Crippen LogP contribution in [0.1, 0.15) is 17.3 Å². The van der Waals surface area contributed by atoms with E-state index in [-0.39, 0.29) is 11.5 Å². The van der Waals surface area contributed by atoms with Crippen molar-refractivity contribution >= 4 is 34.6 Å². The first-order valence-electron chi connectivity index (χ1n) is 4.94. The Hall–Kier alpha value is -1.73. The van der Waals surface area contributed by atoms with Gasteiger partial charge >= 0.3 is 0 Å². The van der Waals surface area contributed by atoms with E-state index in [1.165, 1.54) is 42.2 Å². The van der Waals surface area contributed by atoms with Crippen LogP contribution in [-0.2, 0) is 0 Å². The number of benzene rings is 1. The van der Waals surface area contributed by atoms with Crippen molar-refractivity contribution in [2.75, 3.05) is 0 Å². The van der Waals surface area contributed by atoms with Crippen LogP contribution < -0.4 is 0 Å². The summed E-state index contributed by atoms with van der Waals surface area (Å²) in [5, 5.41) is 12.5. The van der Waals surface area contributed by atoms with Gasteiger partial charge in [0, 0.05) is 34.2 Å². The lowest BCUT2D eigenvalue weighted by atomic mass is 10.1. The Labute approximate surface area is 111 Å². The molecule has 0 aliphatic carbocycles. The van der Waals surface area contributed by atoms with Crippen LogP contribution in [0.25, 0.3) is 0 Å². The molecule has 0 amide bonds. The number of non-ortho nitro benzene ring substituents is 1. The topological polar surface area (TPSA) is 73.1 Å². The zero-order chi connectivity index (χ0) is 13.1. The standard InChI is InChI=1S/C11H8N2O3S2/c1-7(14)9-6-8(13(15)16)2-3-10(9)18-11-12-4-5-17-11/h2-6H,1H3. The van der Waals surface area contributed by atoms with Crippen LogP contribution in [0.3, 0.4) is 0 Å². The molecule has 0 saturated heterocycles. The summed E-state index contributed by atoms with van der Waals surface area (Å²) in [4.78, 5) is 26.5. The maximum Gasteiger partial charge on any atom is 0.270 e. The molecule has 0 spiro atoms. The van der Waals surface area contributed by atoms with Crippen LogP contribution in [-0.4, -0.2) is 15.7 Å². The van der Waals surface area contributed by atoms with Crippen molar-refractivity contribution in [1.82, 2.24) is 4.98 Å². The van der Waals surface area contributed by atoms with Gasteiger partial charge in [0.1, 0.15) is 0 Å². The number of hydrogen-bond acceptors (Lipinski definition) is 6. The number of ketones is 1. The van der Waals surface area contributed by atoms with Crippen LogP contribution in [0.4, 0.5) is 5.69 Å². The van der Waals surface area contributed by atoms with Gasteiger partial charge in [0.15, 0.2) is 10.1 Å². The van der Waals surface area contributed by atoms with Crippen LogP contribution in [0, 0.1) is 10.1 Å². The zero-order valence-corrected chi connectivity index (χ0v) is 11.0. The van der Waals surface area contributed by atoms with E-state index in [1.807, 2.05) is 5.38 Å². The molecule has 0 fully saturated rings. The third-order valence-corrected chi connectivity index (χ3v) is 4.12. The molecule has 0 atom stereocenters. The van der Waals surface area contributed by atoms with Crippen molar-refractivity contribution in [3.63, 3.8) is 0 Å². The number of hydrogen-bond donors (Lipinski definition) is 0. The van der Waals surface area contributed by atoms with E-state index < -0.39 is 4.92 Å². The highest BCUT2D eigenvalue weighted by Gasteiger charge is 2.15. The fourth-order valence-electron chi connectivity index (χ4n) is 1.35. The zero-order valence-electron chi connectivity index (χ0n) is 9.32. The molecule has 0 aliphatic rings. The molecule has 7 heteroatoms. The number of nitro benzene ring substituents is 1. The molecular formula is C11H8N2O3S2. The van der Waals surface area contributed by atoms with Crippen molar-refractivity contribution in [3.05, 3.63) is 45.5 Å². The predicted molar refractivity (Wildman–Crippen MR) is 69.3 cm³/mol. The molecule has 1 heterocycles. The average Bonchev–Trinajstić information content (AvgIpc) is 2.81. The molecule has 2 rings (SSSR count). The molecule has 1 aromatic heterocycles. The molecule has 0 saturated carbocycles. The summed E-state index contributed by atoms with van der Waals surface area (Å²) in [7, 11) is 0. The van der Waals surface area contributed by atoms with Gasteiger partial charge in [-0.3, -0.25) is 14.9 Å². The lowest BCUT2D eigenvalue weighted by molar-refractivity contribution is -0.384. The summed E-state index contributed by atoms with van der Waals surface area (Å²) in [6.45, 7) is 1.39. The maximum atomic E-state index is 11.5. The molecular weight excluding hydrogens is 272 g/mol. The fourth-order valence-corrected chi connectivity index (χ4v) is 3.09. The van der Waals surface area contributed by atoms with Crippen LogP contribution >= 0.6 is 23.1 Å². The minimum atomic E-state index is -0.510. The van der Waals surface area contributed by atoms with Gasteiger partial charge in [0.2, 0.25) is 0 Å². The summed E-state index contributed by atoms with van der Waals surface area (Å²) in [6, 6.07) is 4.28. The number of carbonyl (C=O) groups excluding carboxylic acids is 1. The van der Waals surface area contributed by atoms with Crippen molar-refractivity contribution < 1.29 is 9.72 Å². The first kappa shape index (κ1) is 12.7. The number of carbonyl (C=O) groups is 1. The highest BCUT2D eigenvalue weighted by Crippen LogP contribution is 2.33. The molecule has 0 bridgehead atoms. The van der Waals surface area contributed by atoms with E-state index in [9.17, 15) is 14.9 Å². The minimum absolute atomic E-state index is 0.0799. The van der Waals surface area contributed by atoms with Gasteiger partial charge in [-0.2, -0.15) is 0 Å². The second kappa shape index (κ2) is 5.28. The summed E-state index contributed by atoms with van der Waals surface area (Å²) >= 11 is 2.79. The lowest BCUT2D eigenvalue weighted by Gasteiger charge is -2.04. The van der Waals surface area contributed by atoms with Gasteiger partial charge in [0.25, 0.3) is 5.69 Å². The molecule has 0 aliphatic heterocycles. The molecule has 92 valence electrons. The maximum absolute atomic E-state index is 11.5. The summed E-state index contributed by atoms with van der Waals surface area (Å²) in [5.74, 6) is -0.197. The molecule has 2 aromatic rings. The Morgan fingerprint density at radius 1 is 1.50 bits per heavy atom. The van der Waals surface area contributed by atoms with Crippen molar-refractivity contribution in [2.24, 2.45) is 0 Å². The van der Waals surface area contributed by atoms with E-state index >= 15 is 0 Å². The highest BCUT2D eigenvalue weighted by atomic mass is 32.2. The number of aromatic nitrogens is 1. The van der Waals surface area contributed by atoms with Gasteiger partial charge in [-0.15, -0.1) is 11.3 Å². The molecule has 0 radical (unpaired) electrons. The Morgan fingerprint density at radius 3 is 2.83 bits per heavy atom. The van der Waals surface area contributed by atoms with Gasteiger partial charge in [-0.25, -0.2) is 4.98 Å². The van der Waals surface area contributed by atoms with Gasteiger partial charge in [0.05, 0.1) is 4.92 Å². The molecule has 0 unspecified atom stereocenters. The van der Waals surface area contributed by atoms with E-state index in [2.05, 4.69) is 4.98 Å². The second-order valence-corrected chi connectivity index (χ2v) is 5.58. The third kappa shape index (κ3) is 2.74. The van der Waals surface area contributed by atoms with E-state index in [1.54, 1.807) is 12.3 Å². The van der Waals surface area contributed by atoms with Crippen molar-refractivity contribution in [2.45, 2.75) is 16.2 Å². The smallest absolute Gasteiger partial charge is 0.270 e.